The molecule has 1 aromatic rings. The molecule has 0 saturated carbocycles. The summed E-state index contributed by atoms with van der Waals surface area (Å²) in [6, 6.07) is 10.5. The lowest BCUT2D eigenvalue weighted by atomic mass is 10.0. The molecule has 0 spiro atoms. The Bertz CT molecular complexity index is 636. The lowest BCUT2D eigenvalue weighted by Crippen LogP contribution is -2.43. The van der Waals surface area contributed by atoms with Crippen molar-refractivity contribution in [3.8, 4) is 0 Å². The predicted octanol–water partition coefficient (Wildman–Crippen LogP) is 1.95. The highest BCUT2D eigenvalue weighted by Gasteiger charge is 2.26. The maximum Gasteiger partial charge on any atom is 0.291 e. The maximum absolute atomic E-state index is 11.1. The van der Waals surface area contributed by atoms with Crippen LogP contribution in [0.2, 0.25) is 0 Å². The number of nitro groups is 1. The van der Waals surface area contributed by atoms with E-state index in [9.17, 15) is 15.3 Å². The predicted molar refractivity (Wildman–Crippen MR) is 89.5 cm³/mol. The van der Waals surface area contributed by atoms with E-state index in [1.807, 2.05) is 18.2 Å². The second-order valence-electron chi connectivity index (χ2n) is 6.19. The minimum absolute atomic E-state index is 0.0343. The molecule has 2 aliphatic rings. The Morgan fingerprint density at radius 2 is 1.96 bits per heavy atom. The van der Waals surface area contributed by atoms with E-state index in [1.165, 1.54) is 17.8 Å². The van der Waals surface area contributed by atoms with Crippen LogP contribution in [0.5, 0.6) is 0 Å². The van der Waals surface area contributed by atoms with Crippen molar-refractivity contribution < 1.29 is 10.1 Å². The highest BCUT2D eigenvalue weighted by molar-refractivity contribution is 5.26. The second kappa shape index (κ2) is 7.46. The molecule has 0 aromatic heterocycles. The molecule has 0 atom stereocenters. The van der Waals surface area contributed by atoms with Gasteiger partial charge < -0.3 is 5.32 Å². The van der Waals surface area contributed by atoms with Crippen LogP contribution in [0.25, 0.3) is 0 Å². The molecule has 0 amide bonds. The fourth-order valence-corrected chi connectivity index (χ4v) is 3.14. The number of benzene rings is 1. The van der Waals surface area contributed by atoms with Crippen molar-refractivity contribution in [2.75, 3.05) is 19.6 Å². The Morgan fingerprint density at radius 1 is 1.25 bits per heavy atom. The van der Waals surface area contributed by atoms with Gasteiger partial charge in [-0.15, -0.1) is 0 Å². The summed E-state index contributed by atoms with van der Waals surface area (Å²) >= 11 is 0. The van der Waals surface area contributed by atoms with Gasteiger partial charge in [-0.05, 0) is 18.4 Å². The molecule has 2 heterocycles. The lowest BCUT2D eigenvalue weighted by Gasteiger charge is -2.33. The van der Waals surface area contributed by atoms with Gasteiger partial charge in [-0.2, -0.15) is 0 Å². The smallest absolute Gasteiger partial charge is 0.291 e. The first-order valence-corrected chi connectivity index (χ1v) is 8.17. The van der Waals surface area contributed by atoms with Crippen molar-refractivity contribution in [1.29, 1.82) is 0 Å². The third-order valence-electron chi connectivity index (χ3n) is 4.42. The molecule has 0 radical (unpaired) electrons. The molecule has 3 rings (SSSR count). The van der Waals surface area contributed by atoms with Crippen molar-refractivity contribution in [3.05, 3.63) is 69.7 Å². The molecule has 0 bridgehead atoms. The Labute approximate surface area is 141 Å². The summed E-state index contributed by atoms with van der Waals surface area (Å²) in [6.07, 6.45) is 4.66. The third kappa shape index (κ3) is 4.12. The third-order valence-corrected chi connectivity index (χ3v) is 4.42. The van der Waals surface area contributed by atoms with Gasteiger partial charge in [0.1, 0.15) is 5.70 Å². The number of piperidine rings is 1. The zero-order chi connectivity index (χ0) is 16.9. The van der Waals surface area contributed by atoms with E-state index < -0.39 is 4.92 Å². The molecule has 24 heavy (non-hydrogen) atoms. The van der Waals surface area contributed by atoms with Crippen molar-refractivity contribution in [3.63, 3.8) is 0 Å². The van der Waals surface area contributed by atoms with Gasteiger partial charge in [0.05, 0.1) is 17.7 Å². The Morgan fingerprint density at radius 3 is 2.62 bits per heavy atom. The van der Waals surface area contributed by atoms with Gasteiger partial charge in [0.15, 0.2) is 0 Å². The van der Waals surface area contributed by atoms with E-state index in [0.717, 1.165) is 37.5 Å². The molecule has 0 unspecified atom stereocenters. The van der Waals surface area contributed by atoms with Gasteiger partial charge in [0.25, 0.3) is 5.70 Å². The van der Waals surface area contributed by atoms with Crippen LogP contribution in [0.15, 0.2) is 54.0 Å². The van der Waals surface area contributed by atoms with E-state index in [0.29, 0.717) is 5.70 Å². The van der Waals surface area contributed by atoms with Gasteiger partial charge in [-0.25, -0.2) is 0 Å². The Kier molecular flexibility index (Phi) is 5.12. The standard InChI is InChI=1S/C17H22N4O3/c22-20-11-8-17(21(23)24)16(13-20)18-15-6-9-19(10-7-15)12-14-4-2-1-3-5-14/h1-5,8,13,15,18,22H,6-7,9-12H2. The quantitative estimate of drug-likeness (QED) is 0.634. The molecule has 128 valence electrons. The van der Waals surface area contributed by atoms with Crippen LogP contribution >= 0.6 is 0 Å². The molecule has 7 nitrogen and oxygen atoms in total. The topological polar surface area (TPSA) is 81.9 Å². The molecule has 2 aliphatic heterocycles. The summed E-state index contributed by atoms with van der Waals surface area (Å²) in [6.45, 7) is 2.96. The molecule has 1 aromatic carbocycles. The number of hydrogen-bond acceptors (Lipinski definition) is 6. The van der Waals surface area contributed by atoms with Gasteiger partial charge in [0, 0.05) is 31.8 Å². The molecule has 1 saturated heterocycles. The summed E-state index contributed by atoms with van der Waals surface area (Å²) in [7, 11) is 0. The molecule has 2 N–H and O–H groups in total. The fraction of sp³-hybridized carbons (Fsp3) is 0.412. The number of rotatable bonds is 5. The minimum atomic E-state index is -0.406. The molecule has 7 heteroatoms. The van der Waals surface area contributed by atoms with Gasteiger partial charge in [-0.1, -0.05) is 30.3 Å². The normalized spacial score (nSPS) is 19.6. The Hall–Kier alpha value is -2.38. The van der Waals surface area contributed by atoms with Crippen molar-refractivity contribution >= 4 is 0 Å². The van der Waals surface area contributed by atoms with Crippen molar-refractivity contribution in [2.45, 2.75) is 25.4 Å². The molecule has 0 aliphatic carbocycles. The number of nitrogens with one attached hydrogen (secondary N) is 1. The number of hydroxylamine groups is 2. The van der Waals surface area contributed by atoms with Crippen LogP contribution < -0.4 is 5.32 Å². The van der Waals surface area contributed by atoms with E-state index in [1.54, 1.807) is 0 Å². The van der Waals surface area contributed by atoms with Crippen molar-refractivity contribution in [2.24, 2.45) is 0 Å². The first-order chi connectivity index (χ1) is 11.6. The first kappa shape index (κ1) is 16.5. The van der Waals surface area contributed by atoms with Crippen molar-refractivity contribution in [1.82, 2.24) is 15.3 Å². The molecular weight excluding hydrogens is 308 g/mol. The van der Waals surface area contributed by atoms with Crippen LogP contribution in [0.1, 0.15) is 18.4 Å². The second-order valence-corrected chi connectivity index (χ2v) is 6.19. The summed E-state index contributed by atoms with van der Waals surface area (Å²) in [5, 5.41) is 24.9. The summed E-state index contributed by atoms with van der Waals surface area (Å²) in [4.78, 5) is 13.1. The Balaban J connectivity index is 1.53. The monoisotopic (exact) mass is 330 g/mol. The van der Waals surface area contributed by atoms with E-state index in [4.69, 9.17) is 0 Å². The SMILES string of the molecule is O=[N+]([O-])C1=CCN(O)C=C1NC1CCN(Cc2ccccc2)CC1. The van der Waals surface area contributed by atoms with E-state index >= 15 is 0 Å². The zero-order valence-corrected chi connectivity index (χ0v) is 13.5. The summed E-state index contributed by atoms with van der Waals surface area (Å²) in [5.41, 5.74) is 1.72. The minimum Gasteiger partial charge on any atom is -0.375 e. The zero-order valence-electron chi connectivity index (χ0n) is 13.5. The maximum atomic E-state index is 11.1. The number of likely N-dealkylation sites (tertiary alicyclic amines) is 1. The van der Waals surface area contributed by atoms with Gasteiger partial charge in [0.2, 0.25) is 0 Å². The summed E-state index contributed by atoms with van der Waals surface area (Å²) in [5.74, 6) is 0. The van der Waals surface area contributed by atoms with Crippen LogP contribution in [0.3, 0.4) is 0 Å². The van der Waals surface area contributed by atoms with Gasteiger partial charge in [-0.3, -0.25) is 25.3 Å². The van der Waals surface area contributed by atoms with Crippen LogP contribution in [-0.2, 0) is 6.54 Å². The highest BCUT2D eigenvalue weighted by Crippen LogP contribution is 2.19. The number of hydrogen-bond donors (Lipinski definition) is 2. The first-order valence-electron chi connectivity index (χ1n) is 8.17. The number of nitrogens with zero attached hydrogens (tertiary/aromatic N) is 3. The van der Waals surface area contributed by atoms with Gasteiger partial charge >= 0.3 is 0 Å². The van der Waals surface area contributed by atoms with Crippen LogP contribution in [0.4, 0.5) is 0 Å². The average Bonchev–Trinajstić information content (AvgIpc) is 2.57. The molecular formula is C17H22N4O3. The van der Waals surface area contributed by atoms with Crippen LogP contribution in [-0.4, -0.2) is 45.8 Å². The van der Waals surface area contributed by atoms with E-state index in [2.05, 4.69) is 22.3 Å². The fourth-order valence-electron chi connectivity index (χ4n) is 3.14. The van der Waals surface area contributed by atoms with E-state index in [-0.39, 0.29) is 18.3 Å². The lowest BCUT2D eigenvalue weighted by molar-refractivity contribution is -0.422. The molecule has 1 fully saturated rings. The average molecular weight is 330 g/mol. The summed E-state index contributed by atoms with van der Waals surface area (Å²) < 4.78 is 0. The van der Waals surface area contributed by atoms with Crippen LogP contribution in [0, 0.1) is 10.1 Å². The largest absolute Gasteiger partial charge is 0.375 e. The highest BCUT2D eigenvalue weighted by atomic mass is 16.6.